The molecule has 1 fully saturated rings. The zero-order valence-electron chi connectivity index (χ0n) is 11.5. The molecule has 1 atom stereocenters. The molecule has 110 valence electrons. The van der Waals surface area contributed by atoms with Gasteiger partial charge in [-0.2, -0.15) is 0 Å². The smallest absolute Gasteiger partial charge is 0.248 e. The lowest BCUT2D eigenvalue weighted by molar-refractivity contribution is -0.146. The first-order valence-corrected chi connectivity index (χ1v) is 7.79. The second-order valence-corrected chi connectivity index (χ2v) is 6.64. The summed E-state index contributed by atoms with van der Waals surface area (Å²) in [4.78, 5) is 13.0. The minimum Gasteiger partial charge on any atom is -0.365 e. The quantitative estimate of drug-likeness (QED) is 0.857. The molecule has 1 unspecified atom stereocenters. The van der Waals surface area contributed by atoms with E-state index >= 15 is 0 Å². The van der Waals surface area contributed by atoms with E-state index in [4.69, 9.17) is 4.74 Å². The van der Waals surface area contributed by atoms with Crippen molar-refractivity contribution in [3.05, 3.63) is 29.8 Å². The van der Waals surface area contributed by atoms with Crippen LogP contribution >= 0.6 is 0 Å². The molecule has 6 nitrogen and oxygen atoms in total. The Labute approximate surface area is 118 Å². The third kappa shape index (κ3) is 3.56. The molecule has 1 aliphatic heterocycles. The summed E-state index contributed by atoms with van der Waals surface area (Å²) in [5.41, 5.74) is 1.000. The number of hydrogen-bond acceptors (Lipinski definition) is 4. The molecule has 1 aromatic rings. The van der Waals surface area contributed by atoms with Crippen molar-refractivity contribution in [1.29, 1.82) is 0 Å². The molecular formula is C13H18N2O4S. The Bertz CT molecular complexity index is 583. The maximum Gasteiger partial charge on any atom is 0.248 e. The monoisotopic (exact) mass is 298 g/mol. The van der Waals surface area contributed by atoms with Crippen LogP contribution in [0.3, 0.4) is 0 Å². The number of hydrogen-bond donors (Lipinski definition) is 1. The number of rotatable bonds is 4. The van der Waals surface area contributed by atoms with Crippen molar-refractivity contribution < 1.29 is 17.9 Å². The van der Waals surface area contributed by atoms with Gasteiger partial charge in [0.15, 0.2) is 0 Å². The van der Waals surface area contributed by atoms with Crippen molar-refractivity contribution in [2.45, 2.75) is 17.9 Å². The van der Waals surface area contributed by atoms with Gasteiger partial charge in [0, 0.05) is 20.1 Å². The van der Waals surface area contributed by atoms with Crippen molar-refractivity contribution in [3.8, 4) is 0 Å². The minimum atomic E-state index is -3.54. The molecule has 0 aromatic heterocycles. The number of carbonyl (C=O) groups excluding carboxylic acids is 1. The molecule has 0 saturated carbocycles. The van der Waals surface area contributed by atoms with E-state index < -0.39 is 10.0 Å². The lowest BCUT2D eigenvalue weighted by Gasteiger charge is -2.29. The molecule has 1 heterocycles. The molecule has 7 heteroatoms. The maximum absolute atomic E-state index is 12.1. The van der Waals surface area contributed by atoms with Crippen molar-refractivity contribution in [3.63, 3.8) is 0 Å². The summed E-state index contributed by atoms with van der Waals surface area (Å²) in [6, 6.07) is 6.63. The number of likely N-dealkylation sites (N-methyl/N-ethyl adjacent to an activating group) is 1. The zero-order valence-corrected chi connectivity index (χ0v) is 12.3. The molecule has 1 saturated heterocycles. The summed E-state index contributed by atoms with van der Waals surface area (Å²) in [5, 5.41) is 0. The second-order valence-electron chi connectivity index (χ2n) is 4.87. The molecule has 2 rings (SSSR count). The van der Waals surface area contributed by atoms with Crippen LogP contribution in [-0.4, -0.2) is 52.1 Å². The van der Waals surface area contributed by atoms with Crippen LogP contribution in [0.25, 0.3) is 0 Å². The molecule has 20 heavy (non-hydrogen) atoms. The number of sulfonamides is 1. The number of carbonyl (C=O) groups is 1. The predicted molar refractivity (Wildman–Crippen MR) is 73.7 cm³/mol. The van der Waals surface area contributed by atoms with Gasteiger partial charge in [0.25, 0.3) is 0 Å². The van der Waals surface area contributed by atoms with Gasteiger partial charge in [-0.3, -0.25) is 4.79 Å². The van der Waals surface area contributed by atoms with E-state index in [1.54, 1.807) is 31.3 Å². The summed E-state index contributed by atoms with van der Waals surface area (Å²) in [7, 11) is -1.87. The molecule has 1 aliphatic rings. The predicted octanol–water partition coefficient (Wildman–Crippen LogP) is 0.131. The Morgan fingerprint density at radius 1 is 1.35 bits per heavy atom. The molecule has 0 radical (unpaired) electrons. The highest BCUT2D eigenvalue weighted by atomic mass is 32.2. The first kappa shape index (κ1) is 15.0. The summed E-state index contributed by atoms with van der Waals surface area (Å²) in [6.45, 7) is 2.42. The van der Waals surface area contributed by atoms with Crippen molar-refractivity contribution in [2.75, 3.05) is 26.7 Å². The largest absolute Gasteiger partial charge is 0.365 e. The fraction of sp³-hybridized carbons (Fsp3) is 0.462. The number of nitrogens with one attached hydrogen (secondary N) is 1. The second kappa shape index (κ2) is 5.90. The Kier molecular flexibility index (Phi) is 4.42. The number of amides is 1. The van der Waals surface area contributed by atoms with E-state index in [2.05, 4.69) is 4.72 Å². The number of morpholine rings is 1. The van der Waals surface area contributed by atoms with Crippen LogP contribution in [-0.2, 0) is 19.6 Å². The van der Waals surface area contributed by atoms with Gasteiger partial charge in [0.1, 0.15) is 6.61 Å². The van der Waals surface area contributed by atoms with Gasteiger partial charge in [-0.05, 0) is 19.1 Å². The van der Waals surface area contributed by atoms with Crippen LogP contribution in [0.2, 0.25) is 0 Å². The molecule has 1 N–H and O–H groups in total. The van der Waals surface area contributed by atoms with Gasteiger partial charge < -0.3 is 9.64 Å². The van der Waals surface area contributed by atoms with Gasteiger partial charge >= 0.3 is 0 Å². The number of benzene rings is 1. The molecular weight excluding hydrogens is 280 g/mol. The van der Waals surface area contributed by atoms with Gasteiger partial charge in [-0.25, -0.2) is 13.1 Å². The lowest BCUT2D eigenvalue weighted by Crippen LogP contribution is -2.48. The van der Waals surface area contributed by atoms with Crippen molar-refractivity contribution >= 4 is 15.9 Å². The van der Waals surface area contributed by atoms with Crippen LogP contribution in [0.5, 0.6) is 0 Å². The standard InChI is InChI=1S/C13H18N2O4S/c1-10-3-5-12(6-4-10)20(17,18)14-7-11-8-15(2)13(16)9-19-11/h3-6,11,14H,7-9H2,1-2H3. The Balaban J connectivity index is 1.96. The highest BCUT2D eigenvalue weighted by Gasteiger charge is 2.25. The third-order valence-corrected chi connectivity index (χ3v) is 4.62. The summed E-state index contributed by atoms with van der Waals surface area (Å²) < 4.78 is 32.0. The molecule has 1 aromatic carbocycles. The van der Waals surface area contributed by atoms with E-state index in [0.29, 0.717) is 6.54 Å². The average Bonchev–Trinajstić information content (AvgIpc) is 2.41. The Morgan fingerprint density at radius 3 is 2.60 bits per heavy atom. The molecule has 0 bridgehead atoms. The summed E-state index contributed by atoms with van der Waals surface area (Å²) in [5.74, 6) is -0.0948. The number of aryl methyl sites for hydroxylation is 1. The molecule has 0 spiro atoms. The highest BCUT2D eigenvalue weighted by Crippen LogP contribution is 2.10. The van der Waals surface area contributed by atoms with E-state index in [9.17, 15) is 13.2 Å². The normalized spacial score (nSPS) is 20.2. The van der Waals surface area contributed by atoms with Crippen LogP contribution in [0.1, 0.15) is 5.56 Å². The van der Waals surface area contributed by atoms with Crippen LogP contribution < -0.4 is 4.72 Å². The maximum atomic E-state index is 12.1. The van der Waals surface area contributed by atoms with Gasteiger partial charge in [-0.15, -0.1) is 0 Å². The van der Waals surface area contributed by atoms with Crippen molar-refractivity contribution in [1.82, 2.24) is 9.62 Å². The van der Waals surface area contributed by atoms with Crippen molar-refractivity contribution in [2.24, 2.45) is 0 Å². The number of ether oxygens (including phenoxy) is 1. The fourth-order valence-corrected chi connectivity index (χ4v) is 2.95. The van der Waals surface area contributed by atoms with Gasteiger partial charge in [-0.1, -0.05) is 17.7 Å². The first-order chi connectivity index (χ1) is 9.38. The topological polar surface area (TPSA) is 75.7 Å². The highest BCUT2D eigenvalue weighted by molar-refractivity contribution is 7.89. The first-order valence-electron chi connectivity index (χ1n) is 6.30. The minimum absolute atomic E-state index is 0.00652. The SMILES string of the molecule is Cc1ccc(S(=O)(=O)NCC2CN(C)C(=O)CO2)cc1. The van der Waals surface area contributed by atoms with E-state index in [-0.39, 0.29) is 30.1 Å². The Hall–Kier alpha value is -1.44. The van der Waals surface area contributed by atoms with E-state index in [0.717, 1.165) is 5.56 Å². The summed E-state index contributed by atoms with van der Waals surface area (Å²) >= 11 is 0. The van der Waals surface area contributed by atoms with Crippen LogP contribution in [0.15, 0.2) is 29.2 Å². The average molecular weight is 298 g/mol. The summed E-state index contributed by atoms with van der Waals surface area (Å²) in [6.07, 6.45) is -0.321. The van der Waals surface area contributed by atoms with E-state index in [1.165, 1.54) is 4.90 Å². The molecule has 0 aliphatic carbocycles. The number of nitrogens with zero attached hydrogens (tertiary/aromatic N) is 1. The molecule has 1 amide bonds. The van der Waals surface area contributed by atoms with Gasteiger partial charge in [0.05, 0.1) is 11.0 Å². The van der Waals surface area contributed by atoms with Crippen LogP contribution in [0, 0.1) is 6.92 Å². The lowest BCUT2D eigenvalue weighted by atomic mass is 10.2. The fourth-order valence-electron chi connectivity index (χ4n) is 1.89. The zero-order chi connectivity index (χ0) is 14.8. The van der Waals surface area contributed by atoms with E-state index in [1.807, 2.05) is 6.92 Å². The Morgan fingerprint density at radius 2 is 2.00 bits per heavy atom. The third-order valence-electron chi connectivity index (χ3n) is 3.18. The van der Waals surface area contributed by atoms with Crippen LogP contribution in [0.4, 0.5) is 0 Å². The van der Waals surface area contributed by atoms with Gasteiger partial charge in [0.2, 0.25) is 15.9 Å².